The highest BCUT2D eigenvalue weighted by Crippen LogP contribution is 2.30. The molecule has 3 heteroatoms. The fourth-order valence-electron chi connectivity index (χ4n) is 4.97. The van der Waals surface area contributed by atoms with Crippen molar-refractivity contribution >= 4 is 10.9 Å². The van der Waals surface area contributed by atoms with Crippen molar-refractivity contribution in [1.29, 1.82) is 0 Å². The van der Waals surface area contributed by atoms with Crippen LogP contribution in [0.3, 0.4) is 0 Å². The first-order chi connectivity index (χ1) is 16.7. The average molecular weight is 462 g/mol. The van der Waals surface area contributed by atoms with Crippen LogP contribution in [-0.4, -0.2) is 9.67 Å². The van der Waals surface area contributed by atoms with Crippen LogP contribution in [0.25, 0.3) is 22.2 Å². The fraction of sp³-hybridized carbons (Fsp3) is 0.516. The molecule has 34 heavy (non-hydrogen) atoms. The number of aryl methyl sites for hydroxylation is 1. The summed E-state index contributed by atoms with van der Waals surface area (Å²) in [7, 11) is 0. The zero-order valence-corrected chi connectivity index (χ0v) is 21.1. The molecule has 0 aliphatic carbocycles. The number of benzene rings is 2. The normalized spacial score (nSPS) is 11.3. The molecule has 1 heterocycles. The number of hydrogen-bond acceptors (Lipinski definition) is 2. The van der Waals surface area contributed by atoms with Gasteiger partial charge in [-0.2, -0.15) is 0 Å². The Labute approximate surface area is 205 Å². The average Bonchev–Trinajstić information content (AvgIpc) is 2.87. The van der Waals surface area contributed by atoms with Gasteiger partial charge in [-0.3, -0.25) is 4.79 Å². The second-order valence-electron chi connectivity index (χ2n) is 9.66. The van der Waals surface area contributed by atoms with E-state index in [-0.39, 0.29) is 11.2 Å². The summed E-state index contributed by atoms with van der Waals surface area (Å²) in [6, 6.07) is 17.4. The SMILES string of the molecule is CCCCCCCCCCCCCCCCn1c(-c2ccccc2)c(O)c(=O)c2ccccc21. The van der Waals surface area contributed by atoms with E-state index in [1.54, 1.807) is 0 Å². The van der Waals surface area contributed by atoms with Crippen molar-refractivity contribution in [3.63, 3.8) is 0 Å². The number of fused-ring (bicyclic) bond motifs is 1. The zero-order valence-electron chi connectivity index (χ0n) is 21.1. The van der Waals surface area contributed by atoms with Gasteiger partial charge in [-0.05, 0) is 18.6 Å². The Bertz CT molecular complexity index is 1040. The summed E-state index contributed by atoms with van der Waals surface area (Å²) < 4.78 is 2.14. The third kappa shape index (κ3) is 7.48. The van der Waals surface area contributed by atoms with Gasteiger partial charge >= 0.3 is 0 Å². The Balaban J connectivity index is 1.47. The molecule has 0 saturated heterocycles. The largest absolute Gasteiger partial charge is 0.503 e. The van der Waals surface area contributed by atoms with Crippen LogP contribution >= 0.6 is 0 Å². The highest BCUT2D eigenvalue weighted by atomic mass is 16.3. The lowest BCUT2D eigenvalue weighted by Crippen LogP contribution is -2.13. The third-order valence-electron chi connectivity index (χ3n) is 6.93. The Morgan fingerprint density at radius 1 is 0.647 bits per heavy atom. The van der Waals surface area contributed by atoms with Gasteiger partial charge in [-0.1, -0.05) is 133 Å². The molecule has 3 rings (SSSR count). The van der Waals surface area contributed by atoms with Crippen molar-refractivity contribution in [3.05, 3.63) is 64.8 Å². The summed E-state index contributed by atoms with van der Waals surface area (Å²) in [4.78, 5) is 12.8. The third-order valence-corrected chi connectivity index (χ3v) is 6.93. The zero-order chi connectivity index (χ0) is 24.0. The predicted molar refractivity (Wildman–Crippen MR) is 146 cm³/mol. The summed E-state index contributed by atoms with van der Waals surface area (Å²) in [5, 5.41) is 11.4. The molecule has 1 aromatic heterocycles. The van der Waals surface area contributed by atoms with E-state index < -0.39 is 0 Å². The number of pyridine rings is 1. The number of para-hydroxylation sites is 1. The van der Waals surface area contributed by atoms with E-state index in [1.807, 2.05) is 54.6 Å². The molecule has 0 radical (unpaired) electrons. The van der Waals surface area contributed by atoms with Crippen LogP contribution in [0.5, 0.6) is 5.75 Å². The van der Waals surface area contributed by atoms with E-state index in [0.717, 1.165) is 24.0 Å². The first-order valence-electron chi connectivity index (χ1n) is 13.6. The van der Waals surface area contributed by atoms with E-state index in [0.29, 0.717) is 11.1 Å². The van der Waals surface area contributed by atoms with Crippen molar-refractivity contribution in [2.45, 2.75) is 103 Å². The highest BCUT2D eigenvalue weighted by Gasteiger charge is 2.17. The van der Waals surface area contributed by atoms with Crippen LogP contribution in [0.4, 0.5) is 0 Å². The van der Waals surface area contributed by atoms with Crippen LogP contribution in [-0.2, 0) is 6.54 Å². The standard InChI is InChI=1S/C31H43NO2/c1-2-3-4-5-6-7-8-9-10-11-12-13-14-20-25-32-28-24-19-18-23-27(28)30(33)31(34)29(32)26-21-16-15-17-22-26/h15-19,21-24,34H,2-14,20,25H2,1H3. The second-order valence-corrected chi connectivity index (χ2v) is 9.66. The molecule has 184 valence electrons. The second kappa shape index (κ2) is 14.7. The monoisotopic (exact) mass is 461 g/mol. The summed E-state index contributed by atoms with van der Waals surface area (Å²) in [6.07, 6.45) is 18.7. The Kier molecular flexibility index (Phi) is 11.2. The molecule has 3 nitrogen and oxygen atoms in total. The van der Waals surface area contributed by atoms with Crippen molar-refractivity contribution in [3.8, 4) is 17.0 Å². The minimum absolute atomic E-state index is 0.143. The fourth-order valence-corrected chi connectivity index (χ4v) is 4.97. The first-order valence-corrected chi connectivity index (χ1v) is 13.6. The van der Waals surface area contributed by atoms with Gasteiger partial charge in [0.25, 0.3) is 0 Å². The maximum Gasteiger partial charge on any atom is 0.231 e. The van der Waals surface area contributed by atoms with E-state index in [4.69, 9.17) is 0 Å². The van der Waals surface area contributed by atoms with Gasteiger partial charge in [0.1, 0.15) is 0 Å². The molecular formula is C31H43NO2. The van der Waals surface area contributed by atoms with Gasteiger partial charge in [-0.15, -0.1) is 0 Å². The summed E-state index contributed by atoms with van der Waals surface area (Å²) in [5.74, 6) is -0.143. The summed E-state index contributed by atoms with van der Waals surface area (Å²) >= 11 is 0. The lowest BCUT2D eigenvalue weighted by molar-refractivity contribution is 0.464. The molecule has 0 amide bonds. The highest BCUT2D eigenvalue weighted by molar-refractivity contribution is 5.85. The molecule has 0 aliphatic heterocycles. The van der Waals surface area contributed by atoms with Gasteiger partial charge in [0.2, 0.25) is 5.43 Å². The molecule has 0 spiro atoms. The van der Waals surface area contributed by atoms with E-state index >= 15 is 0 Å². The van der Waals surface area contributed by atoms with Gasteiger partial charge in [-0.25, -0.2) is 0 Å². The van der Waals surface area contributed by atoms with Crippen LogP contribution in [0, 0.1) is 0 Å². The summed E-state index contributed by atoms with van der Waals surface area (Å²) in [6.45, 7) is 3.08. The van der Waals surface area contributed by atoms with Crippen molar-refractivity contribution in [2.75, 3.05) is 0 Å². The molecule has 0 bridgehead atoms. The molecule has 2 aromatic carbocycles. The Morgan fingerprint density at radius 3 is 1.74 bits per heavy atom. The van der Waals surface area contributed by atoms with Gasteiger partial charge in [0.15, 0.2) is 5.75 Å². The maximum absolute atomic E-state index is 12.8. The van der Waals surface area contributed by atoms with Crippen molar-refractivity contribution in [2.24, 2.45) is 0 Å². The first kappa shape index (κ1) is 26.1. The van der Waals surface area contributed by atoms with Gasteiger partial charge < -0.3 is 9.67 Å². The van der Waals surface area contributed by atoms with Crippen molar-refractivity contribution in [1.82, 2.24) is 4.57 Å². The molecule has 0 unspecified atom stereocenters. The number of nitrogens with zero attached hydrogens (tertiary/aromatic N) is 1. The Hall–Kier alpha value is -2.55. The van der Waals surface area contributed by atoms with Crippen LogP contribution in [0.1, 0.15) is 96.8 Å². The molecule has 0 fully saturated rings. The molecule has 3 aromatic rings. The topological polar surface area (TPSA) is 42.2 Å². The van der Waals surface area contributed by atoms with E-state index in [9.17, 15) is 9.90 Å². The predicted octanol–water partition coefficient (Wildman–Crippen LogP) is 8.86. The minimum atomic E-state index is -0.285. The molecular weight excluding hydrogens is 418 g/mol. The van der Waals surface area contributed by atoms with Crippen LogP contribution in [0.2, 0.25) is 0 Å². The van der Waals surface area contributed by atoms with Crippen LogP contribution < -0.4 is 5.43 Å². The number of hydrogen-bond donors (Lipinski definition) is 1. The smallest absolute Gasteiger partial charge is 0.231 e. The summed E-state index contributed by atoms with van der Waals surface area (Å²) in [5.41, 5.74) is 2.14. The molecule has 1 N–H and O–H groups in total. The minimum Gasteiger partial charge on any atom is -0.503 e. The molecule has 0 aliphatic rings. The van der Waals surface area contributed by atoms with E-state index in [1.165, 1.54) is 83.5 Å². The number of unbranched alkanes of at least 4 members (excludes halogenated alkanes) is 13. The van der Waals surface area contributed by atoms with E-state index in [2.05, 4.69) is 11.5 Å². The van der Waals surface area contributed by atoms with Crippen LogP contribution in [0.15, 0.2) is 59.4 Å². The molecule has 0 atom stereocenters. The molecule has 0 saturated carbocycles. The van der Waals surface area contributed by atoms with Gasteiger partial charge in [0, 0.05) is 17.5 Å². The number of rotatable bonds is 16. The number of aromatic nitrogens is 1. The Morgan fingerprint density at radius 2 is 1.15 bits per heavy atom. The number of aromatic hydroxyl groups is 1. The lowest BCUT2D eigenvalue weighted by Gasteiger charge is -2.18. The lowest BCUT2D eigenvalue weighted by atomic mass is 10.0. The van der Waals surface area contributed by atoms with Crippen molar-refractivity contribution < 1.29 is 5.11 Å². The quantitative estimate of drug-likeness (QED) is 0.216. The maximum atomic E-state index is 12.8. The van der Waals surface area contributed by atoms with Gasteiger partial charge in [0.05, 0.1) is 11.2 Å².